The lowest BCUT2D eigenvalue weighted by Gasteiger charge is -2.35. The molecule has 2 aliphatic heterocycles. The summed E-state index contributed by atoms with van der Waals surface area (Å²) in [4.78, 5) is 47.2. The van der Waals surface area contributed by atoms with Gasteiger partial charge in [-0.1, -0.05) is 32.9 Å². The summed E-state index contributed by atoms with van der Waals surface area (Å²) in [5, 5.41) is 13.1. The first-order valence-electron chi connectivity index (χ1n) is 16.4. The maximum Gasteiger partial charge on any atom is 0.313 e. The second kappa shape index (κ2) is 13.0. The number of rotatable bonds is 10. The number of hydrazine groups is 1. The standard InChI is InChI=1S/C33H44FN5O7S/c1-20-27(47-19-35-20)21-5-6-22(25(15-21)46-24-7-9-33(10-8-24)44-13-14-45-33)17-36-39(43)26-16-23(40)18-38(26)29(41)28(31(2,3)4)37-30(42)32(34)11-12-32/h5-6,15,19,23-24,26,28,40H,7-14,16-18H2,1-4H3,(H-,36,37,42,43)/p+1/t23-,26-,28-/m1/s1. The first-order chi connectivity index (χ1) is 22.3. The molecule has 0 unspecified atom stereocenters. The van der Waals surface area contributed by atoms with Crippen LogP contribution in [0.3, 0.4) is 0 Å². The minimum atomic E-state index is -1.95. The number of aromatic nitrogens is 1. The number of hydrogen-bond acceptors (Lipinski definition) is 9. The average Bonchev–Trinajstić information content (AvgIpc) is 3.34. The number of hydrogen-bond donors (Lipinski definition) is 3. The van der Waals surface area contributed by atoms with E-state index in [1.54, 1.807) is 37.6 Å². The van der Waals surface area contributed by atoms with E-state index < -0.39 is 47.0 Å². The van der Waals surface area contributed by atoms with E-state index >= 15 is 0 Å². The molecule has 4 aliphatic rings. The van der Waals surface area contributed by atoms with E-state index in [0.717, 1.165) is 47.4 Å². The second-order valence-corrected chi connectivity index (χ2v) is 15.1. The number of aliphatic hydroxyl groups is 1. The third-order valence-electron chi connectivity index (χ3n) is 9.59. The van der Waals surface area contributed by atoms with E-state index in [2.05, 4.69) is 15.7 Å². The summed E-state index contributed by atoms with van der Waals surface area (Å²) in [6.45, 7) is 8.48. The molecule has 3 N–H and O–H groups in total. The van der Waals surface area contributed by atoms with Crippen LogP contribution in [0, 0.1) is 17.2 Å². The predicted octanol–water partition coefficient (Wildman–Crippen LogP) is 3.92. The lowest BCUT2D eigenvalue weighted by Crippen LogP contribution is -2.59. The van der Waals surface area contributed by atoms with Crippen molar-refractivity contribution in [3.8, 4) is 16.2 Å². The topological polar surface area (TPSA) is 142 Å². The highest BCUT2D eigenvalue weighted by Gasteiger charge is 2.54. The van der Waals surface area contributed by atoms with Gasteiger partial charge in [0.25, 0.3) is 11.8 Å². The summed E-state index contributed by atoms with van der Waals surface area (Å²) in [6, 6.07) is 4.78. The van der Waals surface area contributed by atoms with Crippen LogP contribution in [0.2, 0.25) is 0 Å². The zero-order chi connectivity index (χ0) is 33.6. The van der Waals surface area contributed by atoms with Gasteiger partial charge >= 0.3 is 6.17 Å². The van der Waals surface area contributed by atoms with Crippen LogP contribution in [0.1, 0.15) is 77.0 Å². The number of nitroso groups, excluding NO2 is 1. The van der Waals surface area contributed by atoms with Crippen molar-refractivity contribution in [1.82, 2.24) is 20.6 Å². The molecule has 1 aromatic heterocycles. The van der Waals surface area contributed by atoms with Crippen LogP contribution in [0.5, 0.6) is 5.75 Å². The van der Waals surface area contributed by atoms with Gasteiger partial charge in [0.1, 0.15) is 23.2 Å². The number of nitrogens with one attached hydrogen (secondary N) is 2. The van der Waals surface area contributed by atoms with Gasteiger partial charge in [-0.3, -0.25) is 14.5 Å². The van der Waals surface area contributed by atoms with E-state index in [1.165, 1.54) is 4.90 Å². The van der Waals surface area contributed by atoms with E-state index in [0.29, 0.717) is 23.8 Å². The number of aliphatic hydroxyl groups excluding tert-OH is 1. The normalized spacial score (nSPS) is 24.3. The fourth-order valence-corrected chi connectivity index (χ4v) is 7.38. The molecular weight excluding hydrogens is 629 g/mol. The molecule has 2 aliphatic carbocycles. The number of carbonyl (C=O) groups excluding carboxylic acids is 2. The van der Waals surface area contributed by atoms with Crippen molar-refractivity contribution in [2.45, 2.75) is 115 Å². The van der Waals surface area contributed by atoms with Crippen molar-refractivity contribution >= 4 is 23.2 Å². The average molecular weight is 675 g/mol. The molecule has 1 aromatic carbocycles. The molecule has 256 valence electrons. The number of carbonyl (C=O) groups is 2. The first-order valence-corrected chi connectivity index (χ1v) is 17.3. The Hall–Kier alpha value is -3.20. The van der Waals surface area contributed by atoms with Gasteiger partial charge in [0, 0.05) is 18.4 Å². The summed E-state index contributed by atoms with van der Waals surface area (Å²) in [6.07, 6.45) is 1.22. The van der Waals surface area contributed by atoms with Gasteiger partial charge in [-0.2, -0.15) is 0 Å². The molecule has 2 amide bonds. The van der Waals surface area contributed by atoms with Crippen molar-refractivity contribution in [2.24, 2.45) is 5.41 Å². The number of amides is 2. The number of aryl methyl sites for hydroxylation is 1. The monoisotopic (exact) mass is 674 g/mol. The van der Waals surface area contributed by atoms with Gasteiger partial charge < -0.3 is 24.6 Å². The lowest BCUT2D eigenvalue weighted by molar-refractivity contribution is -0.657. The Morgan fingerprint density at radius 2 is 1.91 bits per heavy atom. The fourth-order valence-electron chi connectivity index (χ4n) is 6.58. The van der Waals surface area contributed by atoms with E-state index in [-0.39, 0.29) is 38.5 Å². The minimum absolute atomic E-state index is 0.0149. The van der Waals surface area contributed by atoms with Gasteiger partial charge in [0.15, 0.2) is 11.5 Å². The van der Waals surface area contributed by atoms with Crippen LogP contribution in [0.4, 0.5) is 4.39 Å². The van der Waals surface area contributed by atoms with Crippen LogP contribution in [-0.2, 0) is 25.6 Å². The first kappa shape index (κ1) is 33.7. The van der Waals surface area contributed by atoms with Crippen molar-refractivity contribution < 1.29 is 38.2 Å². The van der Waals surface area contributed by atoms with Gasteiger partial charge in [-0.05, 0) is 49.7 Å². The summed E-state index contributed by atoms with van der Waals surface area (Å²) in [5.74, 6) is -1.23. The molecule has 47 heavy (non-hydrogen) atoms. The highest BCUT2D eigenvalue weighted by Crippen LogP contribution is 2.41. The Bertz CT molecular complexity index is 1490. The third kappa shape index (κ3) is 7.30. The number of β-amino-alcohol motifs (C(OH)–C–C–N with tert-alkyl or cyclic N) is 1. The van der Waals surface area contributed by atoms with Crippen molar-refractivity contribution in [1.29, 1.82) is 0 Å². The zero-order valence-electron chi connectivity index (χ0n) is 27.4. The van der Waals surface area contributed by atoms with Gasteiger partial charge in [-0.15, -0.1) is 16.8 Å². The molecule has 4 fully saturated rings. The summed E-state index contributed by atoms with van der Waals surface area (Å²) < 4.78 is 32.9. The number of alkyl halides is 1. The van der Waals surface area contributed by atoms with Crippen LogP contribution in [0.25, 0.3) is 10.4 Å². The molecule has 3 heterocycles. The van der Waals surface area contributed by atoms with E-state index in [4.69, 9.17) is 14.2 Å². The van der Waals surface area contributed by atoms with Crippen LogP contribution >= 0.6 is 11.3 Å². The second-order valence-electron chi connectivity index (χ2n) is 14.3. The van der Waals surface area contributed by atoms with Crippen LogP contribution < -0.4 is 15.5 Å². The molecule has 2 saturated heterocycles. The van der Waals surface area contributed by atoms with Crippen LogP contribution in [-0.4, -0.2) is 87.3 Å². The number of thiazole rings is 1. The maximum absolute atomic E-state index is 14.5. The Balaban J connectivity index is 1.16. The fraction of sp³-hybridized carbons (Fsp3) is 0.667. The summed E-state index contributed by atoms with van der Waals surface area (Å²) >= 11 is 1.54. The maximum atomic E-state index is 14.5. The molecular formula is C33H45FN5O7S+. The molecule has 2 aromatic rings. The quantitative estimate of drug-likeness (QED) is 0.253. The largest absolute Gasteiger partial charge is 0.490 e. The Labute approximate surface area is 277 Å². The number of nitrogens with zero attached hydrogens (tertiary/aromatic N) is 3. The third-order valence-corrected chi connectivity index (χ3v) is 10.6. The van der Waals surface area contributed by atoms with Crippen molar-refractivity contribution in [3.63, 3.8) is 0 Å². The van der Waals surface area contributed by atoms with Gasteiger partial charge in [-0.25, -0.2) is 9.37 Å². The van der Waals surface area contributed by atoms with E-state index in [1.807, 2.05) is 25.1 Å². The minimum Gasteiger partial charge on any atom is -0.490 e. The molecule has 0 radical (unpaired) electrons. The summed E-state index contributed by atoms with van der Waals surface area (Å²) in [5.41, 5.74) is 4.59. The molecule has 12 nitrogen and oxygen atoms in total. The number of ether oxygens (including phenoxy) is 3. The Kier molecular flexibility index (Phi) is 9.33. The summed E-state index contributed by atoms with van der Waals surface area (Å²) in [7, 11) is 0. The number of likely N-dealkylation sites (tertiary alicyclic amines) is 1. The highest BCUT2D eigenvalue weighted by molar-refractivity contribution is 7.13. The van der Waals surface area contributed by atoms with Crippen molar-refractivity contribution in [3.05, 3.63) is 39.9 Å². The molecule has 3 atom stereocenters. The van der Waals surface area contributed by atoms with Crippen molar-refractivity contribution in [2.75, 3.05) is 19.8 Å². The zero-order valence-corrected chi connectivity index (χ0v) is 28.2. The van der Waals surface area contributed by atoms with Crippen LogP contribution in [0.15, 0.2) is 23.7 Å². The number of benzene rings is 1. The molecule has 1 spiro atoms. The van der Waals surface area contributed by atoms with E-state index in [9.17, 15) is 24.0 Å². The van der Waals surface area contributed by atoms with Gasteiger partial charge in [0.2, 0.25) is 0 Å². The Morgan fingerprint density at radius 1 is 1.21 bits per heavy atom. The molecule has 2 saturated carbocycles. The smallest absolute Gasteiger partial charge is 0.313 e. The molecule has 6 rings (SSSR count). The highest BCUT2D eigenvalue weighted by atomic mass is 32.1. The molecule has 0 bridgehead atoms. The predicted molar refractivity (Wildman–Crippen MR) is 171 cm³/mol. The lowest BCUT2D eigenvalue weighted by atomic mass is 9.85. The number of halogens is 1. The Morgan fingerprint density at radius 3 is 2.53 bits per heavy atom. The molecule has 14 heteroatoms. The van der Waals surface area contributed by atoms with Gasteiger partial charge in [0.05, 0.1) is 59.4 Å². The SMILES string of the molecule is Cc1ncsc1-c1ccc(CN[N+](=O)[C@@H]2C[C@@H](O)CN2C(=O)[C@@H](NC(=O)C2(F)CC2)C(C)(C)C)c(OC2CCC3(CC2)OCCO3)c1.